The Morgan fingerprint density at radius 3 is 2.65 bits per heavy atom. The van der Waals surface area contributed by atoms with E-state index in [-0.39, 0.29) is 11.7 Å². The lowest BCUT2D eigenvalue weighted by Gasteiger charge is -2.14. The monoisotopic (exact) mass is 333 g/mol. The zero-order valence-corrected chi connectivity index (χ0v) is 14.6. The van der Waals surface area contributed by atoms with Gasteiger partial charge in [0.05, 0.1) is 5.75 Å². The summed E-state index contributed by atoms with van der Waals surface area (Å²) >= 11 is 1.35. The molecule has 1 aromatic carbocycles. The van der Waals surface area contributed by atoms with Gasteiger partial charge in [0.15, 0.2) is 11.0 Å². The summed E-state index contributed by atoms with van der Waals surface area (Å²) in [6, 6.07) is 8.22. The van der Waals surface area contributed by atoms with Gasteiger partial charge in [0, 0.05) is 12.1 Å². The zero-order valence-electron chi connectivity index (χ0n) is 13.7. The largest absolute Gasteiger partial charge is 0.302 e. The Hall–Kier alpha value is -1.86. The number of aromatic nitrogens is 3. The molecule has 0 fully saturated rings. The Kier molecular flexibility index (Phi) is 6.18. The molecule has 1 atom stereocenters. The molecule has 0 radical (unpaired) electrons. The van der Waals surface area contributed by atoms with Gasteiger partial charge in [0.2, 0.25) is 5.91 Å². The number of rotatable bonds is 7. The van der Waals surface area contributed by atoms with Crippen LogP contribution in [0.25, 0.3) is 11.4 Å². The predicted octanol–water partition coefficient (Wildman–Crippen LogP) is 2.38. The van der Waals surface area contributed by atoms with E-state index in [0.29, 0.717) is 5.92 Å². The number of nitrogens with two attached hydrogens (primary N) is 1. The van der Waals surface area contributed by atoms with Gasteiger partial charge in [-0.3, -0.25) is 10.2 Å². The molecular weight excluding hydrogens is 310 g/mol. The number of thioether (sulfide) groups is 1. The summed E-state index contributed by atoms with van der Waals surface area (Å²) in [6.45, 7) is 7.23. The van der Waals surface area contributed by atoms with E-state index in [0.717, 1.165) is 29.5 Å². The topological polar surface area (TPSA) is 85.8 Å². The highest BCUT2D eigenvalue weighted by molar-refractivity contribution is 7.99. The number of hydrazine groups is 1. The molecule has 1 amide bonds. The van der Waals surface area contributed by atoms with Gasteiger partial charge in [0.25, 0.3) is 0 Å². The van der Waals surface area contributed by atoms with Crippen molar-refractivity contribution in [3.63, 3.8) is 0 Å². The molecule has 7 heteroatoms. The van der Waals surface area contributed by atoms with Crippen LogP contribution < -0.4 is 11.3 Å². The first-order valence-corrected chi connectivity index (χ1v) is 8.66. The smallest absolute Gasteiger partial charge is 0.244 e. The van der Waals surface area contributed by atoms with E-state index >= 15 is 0 Å². The van der Waals surface area contributed by atoms with Gasteiger partial charge in [-0.15, -0.1) is 10.2 Å². The molecule has 0 bridgehead atoms. The van der Waals surface area contributed by atoms with Crippen LogP contribution in [0.4, 0.5) is 0 Å². The van der Waals surface area contributed by atoms with Crippen molar-refractivity contribution in [3.8, 4) is 11.4 Å². The first kappa shape index (κ1) is 17.5. The van der Waals surface area contributed by atoms with Gasteiger partial charge >= 0.3 is 0 Å². The Morgan fingerprint density at radius 1 is 1.35 bits per heavy atom. The molecule has 6 nitrogen and oxygen atoms in total. The van der Waals surface area contributed by atoms with Crippen molar-refractivity contribution in [1.29, 1.82) is 0 Å². The highest BCUT2D eigenvalue weighted by atomic mass is 32.2. The molecule has 0 spiro atoms. The second kappa shape index (κ2) is 8.12. The van der Waals surface area contributed by atoms with Crippen LogP contribution in [0, 0.1) is 12.8 Å². The van der Waals surface area contributed by atoms with E-state index in [4.69, 9.17) is 5.84 Å². The third-order valence-electron chi connectivity index (χ3n) is 3.71. The van der Waals surface area contributed by atoms with Crippen molar-refractivity contribution in [2.75, 3.05) is 5.75 Å². The van der Waals surface area contributed by atoms with Crippen LogP contribution in [0.2, 0.25) is 0 Å². The van der Waals surface area contributed by atoms with E-state index in [9.17, 15) is 4.79 Å². The molecule has 0 saturated carbocycles. The van der Waals surface area contributed by atoms with E-state index in [1.807, 2.05) is 12.1 Å². The first-order valence-electron chi connectivity index (χ1n) is 7.67. The lowest BCUT2D eigenvalue weighted by atomic mass is 10.1. The molecule has 2 rings (SSSR count). The summed E-state index contributed by atoms with van der Waals surface area (Å²) in [6.07, 6.45) is 1.07. The molecule has 23 heavy (non-hydrogen) atoms. The minimum atomic E-state index is -0.232. The second-order valence-corrected chi connectivity index (χ2v) is 6.59. The lowest BCUT2D eigenvalue weighted by Crippen LogP contribution is -2.31. The van der Waals surface area contributed by atoms with E-state index in [2.05, 4.69) is 53.1 Å². The molecule has 124 valence electrons. The molecule has 3 N–H and O–H groups in total. The number of hydrogen-bond donors (Lipinski definition) is 2. The van der Waals surface area contributed by atoms with Gasteiger partial charge in [-0.2, -0.15) is 0 Å². The summed E-state index contributed by atoms with van der Waals surface area (Å²) in [7, 11) is 0. The Balaban J connectivity index is 2.31. The van der Waals surface area contributed by atoms with E-state index < -0.39 is 0 Å². The summed E-state index contributed by atoms with van der Waals surface area (Å²) in [5.74, 6) is 6.46. The number of carbonyl (C=O) groups is 1. The SMILES string of the molecule is CCC(C)Cn1c(SCC(=O)NN)nnc1-c1ccc(C)cc1. The van der Waals surface area contributed by atoms with Crippen molar-refractivity contribution in [2.45, 2.75) is 38.9 Å². The summed E-state index contributed by atoms with van der Waals surface area (Å²) in [4.78, 5) is 11.4. The fraction of sp³-hybridized carbons (Fsp3) is 0.438. The quantitative estimate of drug-likeness (QED) is 0.352. The normalized spacial score (nSPS) is 12.2. The van der Waals surface area contributed by atoms with Gasteiger partial charge in [0.1, 0.15) is 0 Å². The fourth-order valence-electron chi connectivity index (χ4n) is 2.09. The third kappa shape index (κ3) is 4.56. The van der Waals surface area contributed by atoms with Crippen LogP contribution in [0.15, 0.2) is 29.4 Å². The average molecular weight is 333 g/mol. The van der Waals surface area contributed by atoms with Gasteiger partial charge in [-0.25, -0.2) is 5.84 Å². The fourth-order valence-corrected chi connectivity index (χ4v) is 2.85. The molecule has 1 heterocycles. The van der Waals surface area contributed by atoms with Gasteiger partial charge in [-0.05, 0) is 12.8 Å². The summed E-state index contributed by atoms with van der Waals surface area (Å²) in [5.41, 5.74) is 4.37. The standard InChI is InChI=1S/C16H23N5OS/c1-4-11(2)9-21-15(13-7-5-12(3)6-8-13)19-20-16(21)23-10-14(22)18-17/h5-8,11H,4,9-10,17H2,1-3H3,(H,18,22). The van der Waals surface area contributed by atoms with Gasteiger partial charge < -0.3 is 4.57 Å². The highest BCUT2D eigenvalue weighted by Crippen LogP contribution is 2.25. The van der Waals surface area contributed by atoms with Crippen LogP contribution in [0.5, 0.6) is 0 Å². The van der Waals surface area contributed by atoms with Crippen molar-refractivity contribution in [3.05, 3.63) is 29.8 Å². The minimum Gasteiger partial charge on any atom is -0.302 e. The molecular formula is C16H23N5OS. The maximum Gasteiger partial charge on any atom is 0.244 e. The highest BCUT2D eigenvalue weighted by Gasteiger charge is 2.17. The molecule has 0 aliphatic rings. The Labute approximate surface area is 140 Å². The number of hydrogen-bond acceptors (Lipinski definition) is 5. The number of aryl methyl sites for hydroxylation is 1. The van der Waals surface area contributed by atoms with Crippen molar-refractivity contribution < 1.29 is 4.79 Å². The predicted molar refractivity (Wildman–Crippen MR) is 92.7 cm³/mol. The van der Waals surface area contributed by atoms with E-state index in [1.54, 1.807) is 0 Å². The summed E-state index contributed by atoms with van der Waals surface area (Å²) in [5, 5.41) is 9.34. The van der Waals surface area contributed by atoms with Crippen LogP contribution in [0.1, 0.15) is 25.8 Å². The van der Waals surface area contributed by atoms with Crippen LogP contribution in [0.3, 0.4) is 0 Å². The van der Waals surface area contributed by atoms with E-state index in [1.165, 1.54) is 17.3 Å². The first-order chi connectivity index (χ1) is 11.0. The maximum absolute atomic E-state index is 11.4. The van der Waals surface area contributed by atoms with Crippen LogP contribution >= 0.6 is 11.8 Å². The number of nitrogens with one attached hydrogen (secondary N) is 1. The van der Waals surface area contributed by atoms with Crippen molar-refractivity contribution >= 4 is 17.7 Å². The number of benzene rings is 1. The lowest BCUT2D eigenvalue weighted by molar-refractivity contribution is -0.118. The zero-order chi connectivity index (χ0) is 16.8. The average Bonchev–Trinajstić information content (AvgIpc) is 2.95. The Morgan fingerprint density at radius 2 is 2.04 bits per heavy atom. The third-order valence-corrected chi connectivity index (χ3v) is 4.68. The number of carbonyl (C=O) groups excluding carboxylic acids is 1. The molecule has 0 saturated heterocycles. The molecule has 0 aliphatic carbocycles. The second-order valence-electron chi connectivity index (χ2n) is 5.65. The van der Waals surface area contributed by atoms with Crippen LogP contribution in [-0.2, 0) is 11.3 Å². The maximum atomic E-state index is 11.4. The Bertz CT molecular complexity index is 653. The number of nitrogens with zero attached hydrogens (tertiary/aromatic N) is 3. The number of amides is 1. The molecule has 1 aromatic heterocycles. The molecule has 1 unspecified atom stereocenters. The molecule has 2 aromatic rings. The van der Waals surface area contributed by atoms with Crippen molar-refractivity contribution in [2.24, 2.45) is 11.8 Å². The summed E-state index contributed by atoms with van der Waals surface area (Å²) < 4.78 is 2.09. The van der Waals surface area contributed by atoms with Crippen LogP contribution in [-0.4, -0.2) is 26.4 Å². The molecule has 0 aliphatic heterocycles. The van der Waals surface area contributed by atoms with Crippen molar-refractivity contribution in [1.82, 2.24) is 20.2 Å². The van der Waals surface area contributed by atoms with Gasteiger partial charge in [-0.1, -0.05) is 61.9 Å². The minimum absolute atomic E-state index is 0.225.